The minimum absolute atomic E-state index is 0.0465. The average molecular weight is 830 g/mol. The third kappa shape index (κ3) is 12.7. The van der Waals surface area contributed by atoms with E-state index in [1.165, 1.54) is 67.3 Å². The second-order valence-corrected chi connectivity index (χ2v) is 25.5. The van der Waals surface area contributed by atoms with Crippen molar-refractivity contribution in [1.29, 1.82) is 0 Å². The molecule has 282 valence electrons. The molecule has 2 aromatic rings. The maximum absolute atomic E-state index is 5.53. The summed E-state index contributed by atoms with van der Waals surface area (Å²) in [5, 5.41) is 0. The third-order valence-electron chi connectivity index (χ3n) is 11.6. The molecule has 2 nitrogen and oxygen atoms in total. The fourth-order valence-corrected chi connectivity index (χ4v) is 16.3. The van der Waals surface area contributed by atoms with Gasteiger partial charge in [-0.05, 0) is 141 Å². The topological polar surface area (TPSA) is 6.48 Å². The van der Waals surface area contributed by atoms with Crippen LogP contribution in [0.4, 0.5) is 11.4 Å². The van der Waals surface area contributed by atoms with Gasteiger partial charge in [0.25, 0.3) is 0 Å². The molecule has 0 amide bonds. The second-order valence-electron chi connectivity index (χ2n) is 16.2. The van der Waals surface area contributed by atoms with Gasteiger partial charge in [0, 0.05) is 32.4 Å². The van der Waals surface area contributed by atoms with Crippen LogP contribution in [0.2, 0.25) is 0 Å². The SMILES string of the molecule is C1CCC([PH+](C2CCCCC2)C2CCCCC2)CC1.CC(C)=C[CH]=[Ru]([Cl])[Cl].Cc1cc(C)c(N2CCN(c3c(C)cc(C)cc3C)C2)c(C)c1. The number of benzene rings is 2. The predicted molar refractivity (Wildman–Crippen MR) is 227 cm³/mol. The van der Waals surface area contributed by atoms with Crippen molar-refractivity contribution in [3.05, 3.63) is 69.3 Å². The summed E-state index contributed by atoms with van der Waals surface area (Å²) in [6, 6.07) is 9.20. The predicted octanol–water partition coefficient (Wildman–Crippen LogP) is 13.7. The van der Waals surface area contributed by atoms with Crippen molar-refractivity contribution in [1.82, 2.24) is 0 Å². The van der Waals surface area contributed by atoms with Gasteiger partial charge >= 0.3 is 63.0 Å². The normalized spacial score (nSPS) is 19.4. The number of halogens is 2. The van der Waals surface area contributed by atoms with E-state index in [-0.39, 0.29) is 7.92 Å². The maximum atomic E-state index is 5.53. The Balaban J connectivity index is 0.000000188. The van der Waals surface area contributed by atoms with Gasteiger partial charge in [0.15, 0.2) is 0 Å². The Morgan fingerprint density at radius 1 is 0.580 bits per heavy atom. The van der Waals surface area contributed by atoms with Crippen LogP contribution in [0.1, 0.15) is 144 Å². The zero-order valence-electron chi connectivity index (χ0n) is 32.9. The summed E-state index contributed by atoms with van der Waals surface area (Å²) < 4.78 is 1.88. The first-order chi connectivity index (χ1) is 23.9. The Labute approximate surface area is 322 Å². The van der Waals surface area contributed by atoms with Crippen LogP contribution in [0.25, 0.3) is 0 Å². The van der Waals surface area contributed by atoms with Gasteiger partial charge in [0.1, 0.15) is 0 Å². The summed E-state index contributed by atoms with van der Waals surface area (Å²) in [7, 11) is 11.0. The van der Waals surface area contributed by atoms with E-state index in [0.29, 0.717) is 0 Å². The molecule has 50 heavy (non-hydrogen) atoms. The summed E-state index contributed by atoms with van der Waals surface area (Å²) in [5.41, 5.74) is 16.0. The van der Waals surface area contributed by atoms with E-state index in [1.807, 2.05) is 24.5 Å². The maximum Gasteiger partial charge on any atom is 0.0904 e. The molecule has 3 saturated carbocycles. The molecule has 1 saturated heterocycles. The summed E-state index contributed by atoms with van der Waals surface area (Å²) in [5.74, 6) is 0. The molecule has 0 spiro atoms. The number of anilines is 2. The first kappa shape index (κ1) is 42.0. The second kappa shape index (κ2) is 21.2. The smallest absolute Gasteiger partial charge is 0.0904 e. The molecule has 4 aliphatic rings. The monoisotopic (exact) mass is 829 g/mol. The van der Waals surface area contributed by atoms with Crippen molar-refractivity contribution < 1.29 is 13.5 Å². The van der Waals surface area contributed by atoms with Crippen molar-refractivity contribution in [2.24, 2.45) is 0 Å². The van der Waals surface area contributed by atoms with Crippen LogP contribution >= 0.6 is 27.3 Å². The first-order valence-electron chi connectivity index (χ1n) is 19.9. The average Bonchev–Trinajstić information content (AvgIpc) is 3.54. The Bertz CT molecular complexity index is 1240. The number of rotatable bonds is 6. The molecule has 2 aromatic carbocycles. The summed E-state index contributed by atoms with van der Waals surface area (Å²) >= 11 is -1.52. The fourth-order valence-electron chi connectivity index (χ4n) is 9.77. The molecule has 3 aliphatic carbocycles. The Morgan fingerprint density at radius 2 is 0.900 bits per heavy atom. The Kier molecular flexibility index (Phi) is 17.9. The number of hydrogen-bond donors (Lipinski definition) is 0. The van der Waals surface area contributed by atoms with Crippen LogP contribution in [-0.2, 0) is 13.5 Å². The van der Waals surface area contributed by atoms with Gasteiger partial charge in [-0.25, -0.2) is 0 Å². The fraction of sp³-hybridized carbons (Fsp3) is 0.659. The van der Waals surface area contributed by atoms with Crippen LogP contribution in [0.5, 0.6) is 0 Å². The van der Waals surface area contributed by atoms with E-state index in [4.69, 9.17) is 19.4 Å². The van der Waals surface area contributed by atoms with E-state index >= 15 is 0 Å². The molecular weight excluding hydrogens is 759 g/mol. The number of aryl methyl sites for hydroxylation is 6. The zero-order valence-corrected chi connectivity index (χ0v) is 37.2. The van der Waals surface area contributed by atoms with Gasteiger partial charge in [-0.1, -0.05) is 54.7 Å². The molecule has 0 atom stereocenters. The molecular formula is C44H70Cl2N2PRu+. The zero-order chi connectivity index (χ0) is 36.2. The van der Waals surface area contributed by atoms with E-state index in [2.05, 4.69) is 75.6 Å². The number of nitrogens with zero attached hydrogens (tertiary/aromatic N) is 2. The number of hydrogen-bond acceptors (Lipinski definition) is 2. The van der Waals surface area contributed by atoms with Gasteiger partial charge < -0.3 is 9.80 Å². The van der Waals surface area contributed by atoms with Crippen molar-refractivity contribution in [3.63, 3.8) is 0 Å². The molecule has 0 bridgehead atoms. The standard InChI is InChI=1S/C21H28N2.C18H33P.C5H8.2ClH.Ru/c1-14-9-16(3)20(17(4)10-14)22-7-8-23(13-22)21-18(5)11-15(2)12-19(21)6;1-4-10-16(11-5-1)19(17-12-6-2-7-13-17)18-14-8-3-9-15-18;1-4-5(2)3;;;/h9-12H,7-8,13H2,1-6H3;16-18H,1-15H2;1,4H,2-3H3;2*1H;/q;;;;;+2/p-1. The van der Waals surface area contributed by atoms with Crippen molar-refractivity contribution in [2.75, 3.05) is 29.6 Å². The van der Waals surface area contributed by atoms with Crippen molar-refractivity contribution in [2.45, 2.75) is 169 Å². The number of allylic oxidation sites excluding steroid dienone is 2. The van der Waals surface area contributed by atoms with Gasteiger partial charge in [-0.2, -0.15) is 0 Å². The minimum atomic E-state index is -1.52. The van der Waals surface area contributed by atoms with Crippen LogP contribution in [-0.4, -0.2) is 41.3 Å². The van der Waals surface area contributed by atoms with Gasteiger partial charge in [0.05, 0.1) is 23.6 Å². The third-order valence-corrected chi connectivity index (χ3v) is 17.9. The molecule has 0 N–H and O–H groups in total. The minimum Gasteiger partial charge on any atom is -0.352 e. The first-order valence-corrected chi connectivity index (χ1v) is 27.1. The van der Waals surface area contributed by atoms with Crippen LogP contribution in [0.15, 0.2) is 35.9 Å². The van der Waals surface area contributed by atoms with Gasteiger partial charge in [-0.15, -0.1) is 0 Å². The van der Waals surface area contributed by atoms with Crippen molar-refractivity contribution in [3.8, 4) is 0 Å². The largest absolute Gasteiger partial charge is 0.352 e. The Morgan fingerprint density at radius 3 is 1.16 bits per heavy atom. The van der Waals surface area contributed by atoms with E-state index in [0.717, 1.165) is 19.8 Å². The summed E-state index contributed by atoms with van der Waals surface area (Å²) in [4.78, 5) is 5.06. The molecule has 0 unspecified atom stereocenters. The Hall–Kier alpha value is -0.717. The molecule has 6 heteroatoms. The van der Waals surface area contributed by atoms with Crippen LogP contribution in [0.3, 0.4) is 0 Å². The van der Waals surface area contributed by atoms with Crippen LogP contribution in [0, 0.1) is 41.5 Å². The molecule has 0 aromatic heterocycles. The summed E-state index contributed by atoms with van der Waals surface area (Å²) in [6.45, 7) is 20.5. The van der Waals surface area contributed by atoms with Crippen LogP contribution < -0.4 is 9.80 Å². The molecule has 1 heterocycles. The van der Waals surface area contributed by atoms with Gasteiger partial charge in [0.2, 0.25) is 0 Å². The molecule has 1 aliphatic heterocycles. The van der Waals surface area contributed by atoms with E-state index in [9.17, 15) is 0 Å². The van der Waals surface area contributed by atoms with Crippen molar-refractivity contribution >= 4 is 43.3 Å². The summed E-state index contributed by atoms with van der Waals surface area (Å²) in [6.07, 6.45) is 25.7. The molecule has 0 radical (unpaired) electrons. The van der Waals surface area contributed by atoms with E-state index in [1.54, 1.807) is 96.3 Å². The quantitative estimate of drug-likeness (QED) is 0.211. The van der Waals surface area contributed by atoms with E-state index < -0.39 is 13.5 Å². The molecule has 4 fully saturated rings. The van der Waals surface area contributed by atoms with Gasteiger partial charge in [-0.3, -0.25) is 0 Å². The molecule has 6 rings (SSSR count).